The van der Waals surface area contributed by atoms with E-state index in [2.05, 4.69) is 6.92 Å². The largest absolute Gasteiger partial charge is 0.396 e. The number of ether oxygens (including phenoxy) is 1. The SMILES string of the molecule is CC(COCC(CO)(CO)C(C)C)C1CCCC1. The van der Waals surface area contributed by atoms with Gasteiger partial charge in [0.05, 0.1) is 19.8 Å². The molecule has 1 rings (SSSR count). The zero-order valence-corrected chi connectivity index (χ0v) is 12.2. The van der Waals surface area contributed by atoms with Gasteiger partial charge in [0.25, 0.3) is 0 Å². The summed E-state index contributed by atoms with van der Waals surface area (Å²) >= 11 is 0. The van der Waals surface area contributed by atoms with Gasteiger partial charge in [0, 0.05) is 12.0 Å². The van der Waals surface area contributed by atoms with Crippen LogP contribution in [0.2, 0.25) is 0 Å². The molecule has 0 bridgehead atoms. The van der Waals surface area contributed by atoms with Crippen LogP contribution in [0, 0.1) is 23.2 Å². The topological polar surface area (TPSA) is 49.7 Å². The Morgan fingerprint density at radius 3 is 2.11 bits per heavy atom. The molecular weight excluding hydrogens is 228 g/mol. The molecule has 0 saturated heterocycles. The number of aliphatic hydroxyl groups is 2. The normalized spacial score (nSPS) is 19.7. The van der Waals surface area contributed by atoms with Crippen LogP contribution in [0.1, 0.15) is 46.5 Å². The van der Waals surface area contributed by atoms with Crippen molar-refractivity contribution in [2.24, 2.45) is 23.2 Å². The molecule has 1 aliphatic carbocycles. The standard InChI is InChI=1S/C15H30O3/c1-12(2)15(9-16,10-17)11-18-8-13(3)14-6-4-5-7-14/h12-14,16-17H,4-11H2,1-3H3. The summed E-state index contributed by atoms with van der Waals surface area (Å²) in [6.07, 6.45) is 5.39. The van der Waals surface area contributed by atoms with Crippen LogP contribution in [0.5, 0.6) is 0 Å². The Hall–Kier alpha value is -0.120. The molecule has 18 heavy (non-hydrogen) atoms. The monoisotopic (exact) mass is 258 g/mol. The van der Waals surface area contributed by atoms with Crippen LogP contribution in [0.4, 0.5) is 0 Å². The lowest BCUT2D eigenvalue weighted by molar-refractivity contribution is -0.0642. The summed E-state index contributed by atoms with van der Waals surface area (Å²) in [5, 5.41) is 19.0. The van der Waals surface area contributed by atoms with Crippen LogP contribution in [-0.4, -0.2) is 36.6 Å². The van der Waals surface area contributed by atoms with Crippen LogP contribution in [0.25, 0.3) is 0 Å². The van der Waals surface area contributed by atoms with Gasteiger partial charge in [-0.25, -0.2) is 0 Å². The van der Waals surface area contributed by atoms with E-state index in [0.29, 0.717) is 12.5 Å². The van der Waals surface area contributed by atoms with E-state index in [1.807, 2.05) is 13.8 Å². The summed E-state index contributed by atoms with van der Waals surface area (Å²) in [5.41, 5.74) is -0.491. The van der Waals surface area contributed by atoms with Gasteiger partial charge in [-0.15, -0.1) is 0 Å². The highest BCUT2D eigenvalue weighted by Crippen LogP contribution is 2.32. The fourth-order valence-electron chi connectivity index (χ4n) is 2.78. The molecule has 2 N–H and O–H groups in total. The van der Waals surface area contributed by atoms with Gasteiger partial charge in [-0.05, 0) is 17.8 Å². The average Bonchev–Trinajstić information content (AvgIpc) is 2.88. The first-order chi connectivity index (χ1) is 8.55. The molecule has 0 aromatic rings. The van der Waals surface area contributed by atoms with Crippen molar-refractivity contribution in [1.82, 2.24) is 0 Å². The van der Waals surface area contributed by atoms with Gasteiger partial charge in [0.15, 0.2) is 0 Å². The number of aliphatic hydroxyl groups excluding tert-OH is 2. The second-order valence-electron chi connectivity index (χ2n) is 6.37. The minimum Gasteiger partial charge on any atom is -0.396 e. The van der Waals surface area contributed by atoms with Crippen LogP contribution < -0.4 is 0 Å². The molecular formula is C15H30O3. The highest BCUT2D eigenvalue weighted by molar-refractivity contribution is 4.81. The Labute approximate surface area is 112 Å². The molecule has 0 aliphatic heterocycles. The van der Waals surface area contributed by atoms with Crippen molar-refractivity contribution >= 4 is 0 Å². The fourth-order valence-corrected chi connectivity index (χ4v) is 2.78. The summed E-state index contributed by atoms with van der Waals surface area (Å²) in [6, 6.07) is 0. The predicted octanol–water partition coefficient (Wildman–Crippen LogP) is 2.46. The van der Waals surface area contributed by atoms with E-state index in [-0.39, 0.29) is 19.1 Å². The van der Waals surface area contributed by atoms with Crippen molar-refractivity contribution < 1.29 is 14.9 Å². The van der Waals surface area contributed by atoms with E-state index >= 15 is 0 Å². The van der Waals surface area contributed by atoms with E-state index < -0.39 is 5.41 Å². The second kappa shape index (κ2) is 7.46. The van der Waals surface area contributed by atoms with Crippen LogP contribution in [0.15, 0.2) is 0 Å². The van der Waals surface area contributed by atoms with Gasteiger partial charge in [-0.3, -0.25) is 0 Å². The van der Waals surface area contributed by atoms with Crippen LogP contribution >= 0.6 is 0 Å². The lowest BCUT2D eigenvalue weighted by Crippen LogP contribution is -2.40. The second-order valence-corrected chi connectivity index (χ2v) is 6.37. The third kappa shape index (κ3) is 3.94. The summed E-state index contributed by atoms with van der Waals surface area (Å²) in [5.74, 6) is 1.62. The van der Waals surface area contributed by atoms with Gasteiger partial charge in [-0.1, -0.05) is 46.5 Å². The molecule has 1 unspecified atom stereocenters. The molecule has 0 radical (unpaired) electrons. The average molecular weight is 258 g/mol. The third-order valence-electron chi connectivity index (χ3n) is 4.83. The van der Waals surface area contributed by atoms with Gasteiger partial charge in [0.1, 0.15) is 0 Å². The number of rotatable bonds is 8. The first-order valence-electron chi connectivity index (χ1n) is 7.35. The van der Waals surface area contributed by atoms with Crippen molar-refractivity contribution in [3.05, 3.63) is 0 Å². The Morgan fingerprint density at radius 2 is 1.67 bits per heavy atom. The summed E-state index contributed by atoms with van der Waals surface area (Å²) < 4.78 is 5.80. The Morgan fingerprint density at radius 1 is 1.11 bits per heavy atom. The maximum atomic E-state index is 9.48. The molecule has 1 aliphatic rings. The maximum absolute atomic E-state index is 9.48. The van der Waals surface area contributed by atoms with Crippen LogP contribution in [0.3, 0.4) is 0 Å². The maximum Gasteiger partial charge on any atom is 0.0569 e. The molecule has 0 aromatic heterocycles. The van der Waals surface area contributed by atoms with Crippen molar-refractivity contribution in [2.75, 3.05) is 26.4 Å². The van der Waals surface area contributed by atoms with Crippen LogP contribution in [-0.2, 0) is 4.74 Å². The molecule has 0 aromatic carbocycles. The van der Waals surface area contributed by atoms with Gasteiger partial charge in [0.2, 0.25) is 0 Å². The number of hydrogen-bond donors (Lipinski definition) is 2. The van der Waals surface area contributed by atoms with Crippen molar-refractivity contribution in [3.63, 3.8) is 0 Å². The number of hydrogen-bond acceptors (Lipinski definition) is 3. The van der Waals surface area contributed by atoms with E-state index in [0.717, 1.165) is 12.5 Å². The molecule has 3 heteroatoms. The highest BCUT2D eigenvalue weighted by atomic mass is 16.5. The lowest BCUT2D eigenvalue weighted by Gasteiger charge is -2.34. The zero-order chi connectivity index (χ0) is 13.6. The lowest BCUT2D eigenvalue weighted by atomic mass is 9.79. The summed E-state index contributed by atoms with van der Waals surface area (Å²) in [7, 11) is 0. The first-order valence-corrected chi connectivity index (χ1v) is 7.35. The quantitative estimate of drug-likeness (QED) is 0.703. The van der Waals surface area contributed by atoms with E-state index in [9.17, 15) is 10.2 Å². The van der Waals surface area contributed by atoms with Crippen molar-refractivity contribution in [1.29, 1.82) is 0 Å². The molecule has 1 atom stereocenters. The van der Waals surface area contributed by atoms with Crippen molar-refractivity contribution in [2.45, 2.75) is 46.5 Å². The van der Waals surface area contributed by atoms with Gasteiger partial charge >= 0.3 is 0 Å². The Bertz CT molecular complexity index is 218. The fraction of sp³-hybridized carbons (Fsp3) is 1.00. The smallest absolute Gasteiger partial charge is 0.0569 e. The molecule has 1 fully saturated rings. The first kappa shape index (κ1) is 15.9. The Balaban J connectivity index is 2.34. The Kier molecular flexibility index (Phi) is 6.61. The third-order valence-corrected chi connectivity index (χ3v) is 4.83. The molecule has 108 valence electrons. The van der Waals surface area contributed by atoms with Gasteiger partial charge in [-0.2, -0.15) is 0 Å². The molecule has 1 saturated carbocycles. The minimum absolute atomic E-state index is 0.0149. The van der Waals surface area contributed by atoms with Gasteiger partial charge < -0.3 is 14.9 Å². The molecule has 0 spiro atoms. The zero-order valence-electron chi connectivity index (χ0n) is 12.2. The minimum atomic E-state index is -0.491. The van der Waals surface area contributed by atoms with E-state index in [1.54, 1.807) is 0 Å². The molecule has 3 nitrogen and oxygen atoms in total. The highest BCUT2D eigenvalue weighted by Gasteiger charge is 2.33. The van der Waals surface area contributed by atoms with E-state index in [4.69, 9.17) is 4.74 Å². The summed E-state index contributed by atoms with van der Waals surface area (Å²) in [6.45, 7) is 7.48. The molecule has 0 amide bonds. The van der Waals surface area contributed by atoms with E-state index in [1.165, 1.54) is 25.7 Å². The predicted molar refractivity (Wildman–Crippen MR) is 73.4 cm³/mol. The summed E-state index contributed by atoms with van der Waals surface area (Å²) in [4.78, 5) is 0. The molecule has 0 heterocycles. The van der Waals surface area contributed by atoms with Crippen molar-refractivity contribution in [3.8, 4) is 0 Å².